The second kappa shape index (κ2) is 12.6. The van der Waals surface area contributed by atoms with Crippen LogP contribution >= 0.6 is 38.9 Å². The maximum Gasteiger partial charge on any atom is 0.338 e. The highest BCUT2D eigenvalue weighted by molar-refractivity contribution is 9.10. The number of carbonyl (C=O) groups excluding carboxylic acids is 1. The first-order valence-corrected chi connectivity index (χ1v) is 14.7. The van der Waals surface area contributed by atoms with Crippen molar-refractivity contribution >= 4 is 50.9 Å². The Hall–Kier alpha value is -3.86. The fourth-order valence-electron chi connectivity index (χ4n) is 4.69. The maximum atomic E-state index is 13.9. The Labute approximate surface area is 259 Å². The lowest BCUT2D eigenvalue weighted by Gasteiger charge is -2.25. The van der Waals surface area contributed by atoms with Crippen molar-refractivity contribution < 1.29 is 23.7 Å². The minimum Gasteiger partial charge on any atom is -0.496 e. The predicted octanol–water partition coefficient (Wildman–Crippen LogP) is 5.42. The lowest BCUT2D eigenvalue weighted by molar-refractivity contribution is -0.136. The van der Waals surface area contributed by atoms with Gasteiger partial charge in [0.25, 0.3) is 5.56 Å². The second-order valence-corrected chi connectivity index (χ2v) is 11.6. The lowest BCUT2D eigenvalue weighted by atomic mass is 9.95. The molecule has 216 valence electrons. The van der Waals surface area contributed by atoms with Crippen LogP contribution in [0.15, 0.2) is 86.2 Å². The van der Waals surface area contributed by atoms with E-state index in [0.29, 0.717) is 49.5 Å². The zero-order chi connectivity index (χ0) is 30.0. The van der Waals surface area contributed by atoms with E-state index >= 15 is 0 Å². The van der Waals surface area contributed by atoms with Crippen molar-refractivity contribution in [2.75, 3.05) is 21.3 Å². The van der Waals surface area contributed by atoms with Crippen LogP contribution in [0.25, 0.3) is 6.08 Å². The van der Waals surface area contributed by atoms with Crippen LogP contribution in [-0.2, 0) is 16.1 Å². The van der Waals surface area contributed by atoms with Gasteiger partial charge in [0.2, 0.25) is 0 Å². The minimum absolute atomic E-state index is 0.228. The summed E-state index contributed by atoms with van der Waals surface area (Å²) in [4.78, 5) is 31.9. The first-order chi connectivity index (χ1) is 20.2. The normalized spacial score (nSPS) is 14.7. The van der Waals surface area contributed by atoms with Crippen molar-refractivity contribution in [3.05, 3.63) is 118 Å². The summed E-state index contributed by atoms with van der Waals surface area (Å²) in [6.07, 6.45) is 1.76. The molecule has 8 nitrogen and oxygen atoms in total. The Balaban J connectivity index is 1.57. The quantitative estimate of drug-likeness (QED) is 0.233. The molecule has 0 N–H and O–H groups in total. The molecule has 0 spiro atoms. The molecule has 0 amide bonds. The molecule has 11 heteroatoms. The maximum absolute atomic E-state index is 13.9. The van der Waals surface area contributed by atoms with E-state index < -0.39 is 12.0 Å². The van der Waals surface area contributed by atoms with Gasteiger partial charge in [-0.15, -0.1) is 0 Å². The summed E-state index contributed by atoms with van der Waals surface area (Å²) < 4.78 is 25.1. The van der Waals surface area contributed by atoms with E-state index in [1.54, 1.807) is 50.4 Å². The average molecular weight is 670 g/mol. The largest absolute Gasteiger partial charge is 0.496 e. The van der Waals surface area contributed by atoms with E-state index in [2.05, 4.69) is 20.9 Å². The number of hydrogen-bond acceptors (Lipinski definition) is 8. The molecule has 0 unspecified atom stereocenters. The monoisotopic (exact) mass is 668 g/mol. The van der Waals surface area contributed by atoms with Crippen LogP contribution in [0.4, 0.5) is 0 Å². The van der Waals surface area contributed by atoms with Crippen molar-refractivity contribution in [2.45, 2.75) is 19.6 Å². The van der Waals surface area contributed by atoms with Crippen LogP contribution < -0.4 is 29.1 Å². The van der Waals surface area contributed by atoms with E-state index in [0.717, 1.165) is 15.6 Å². The van der Waals surface area contributed by atoms with Gasteiger partial charge in [-0.1, -0.05) is 57.1 Å². The first kappa shape index (κ1) is 29.6. The molecule has 42 heavy (non-hydrogen) atoms. The third-order valence-corrected chi connectivity index (χ3v) is 8.45. The molecule has 0 bridgehead atoms. The topological polar surface area (TPSA) is 88.4 Å². The Bertz CT molecular complexity index is 1880. The SMILES string of the molecule is COC(=O)C1=C(C)N=c2s/c(=C\c3ccc(OCc4ccc(Br)cc4)c(OC)c3)c(=O)n2[C@@H]1c1cc(Cl)ccc1OC. The van der Waals surface area contributed by atoms with Crippen LogP contribution in [0.5, 0.6) is 17.2 Å². The van der Waals surface area contributed by atoms with Gasteiger partial charge in [-0.2, -0.15) is 0 Å². The number of ether oxygens (including phenoxy) is 4. The molecule has 4 aromatic rings. The molecule has 1 aliphatic heterocycles. The van der Waals surface area contributed by atoms with Crippen LogP contribution in [0.3, 0.4) is 0 Å². The standard InChI is InChI=1S/C31H26BrClN2O6S/c1-17-27(30(37)40-4)28(22-15-21(33)10-12-23(22)38-2)35-29(36)26(42-31(35)34-17)14-19-7-11-24(25(13-19)39-3)41-16-18-5-8-20(32)9-6-18/h5-15,28H,16H2,1-4H3/b26-14-/t28-/m1/s1. The molecule has 0 saturated heterocycles. The van der Waals surface area contributed by atoms with Crippen LogP contribution in [-0.4, -0.2) is 31.9 Å². The van der Waals surface area contributed by atoms with Crippen molar-refractivity contribution in [3.63, 3.8) is 0 Å². The smallest absolute Gasteiger partial charge is 0.338 e. The van der Waals surface area contributed by atoms with Crippen molar-refractivity contribution in [1.29, 1.82) is 0 Å². The van der Waals surface area contributed by atoms with E-state index in [1.165, 1.54) is 30.1 Å². The summed E-state index contributed by atoms with van der Waals surface area (Å²) in [5.74, 6) is 0.976. The van der Waals surface area contributed by atoms with Crippen molar-refractivity contribution in [1.82, 2.24) is 4.57 Å². The summed E-state index contributed by atoms with van der Waals surface area (Å²) in [7, 11) is 4.37. The number of fused-ring (bicyclic) bond motifs is 1. The molecule has 1 atom stereocenters. The molecule has 2 heterocycles. The molecular formula is C31H26BrClN2O6S. The van der Waals surface area contributed by atoms with E-state index in [1.807, 2.05) is 30.3 Å². The Morgan fingerprint density at radius 1 is 1.02 bits per heavy atom. The van der Waals surface area contributed by atoms with Crippen molar-refractivity contribution in [2.24, 2.45) is 4.99 Å². The van der Waals surface area contributed by atoms with E-state index in [9.17, 15) is 9.59 Å². The number of allylic oxidation sites excluding steroid dienone is 1. The number of benzene rings is 3. The summed E-state index contributed by atoms with van der Waals surface area (Å²) in [5, 5.41) is 0.432. The van der Waals surface area contributed by atoms with Gasteiger partial charge in [0, 0.05) is 15.1 Å². The van der Waals surface area contributed by atoms with Gasteiger partial charge in [-0.3, -0.25) is 9.36 Å². The molecule has 5 rings (SSSR count). The number of thiazole rings is 1. The Morgan fingerprint density at radius 3 is 2.43 bits per heavy atom. The fourth-order valence-corrected chi connectivity index (χ4v) is 6.18. The highest BCUT2D eigenvalue weighted by Gasteiger charge is 2.35. The summed E-state index contributed by atoms with van der Waals surface area (Å²) in [6, 6.07) is 17.5. The zero-order valence-corrected chi connectivity index (χ0v) is 26.3. The number of carbonyl (C=O) groups is 1. The Kier molecular flexibility index (Phi) is 8.86. The highest BCUT2D eigenvalue weighted by atomic mass is 79.9. The molecule has 0 saturated carbocycles. The minimum atomic E-state index is -0.853. The number of methoxy groups -OCH3 is 3. The third kappa shape index (κ3) is 5.88. The summed E-state index contributed by atoms with van der Waals surface area (Å²) >= 11 is 11.0. The summed E-state index contributed by atoms with van der Waals surface area (Å²) in [5.41, 5.74) is 2.63. The third-order valence-electron chi connectivity index (χ3n) is 6.71. The number of hydrogen-bond donors (Lipinski definition) is 0. The van der Waals surface area contributed by atoms with Gasteiger partial charge in [-0.25, -0.2) is 9.79 Å². The highest BCUT2D eigenvalue weighted by Crippen LogP contribution is 2.37. The number of esters is 1. The molecule has 3 aromatic carbocycles. The fraction of sp³-hybridized carbons (Fsp3) is 0.194. The van der Waals surface area contributed by atoms with Gasteiger partial charge in [-0.05, 0) is 66.6 Å². The van der Waals surface area contributed by atoms with Gasteiger partial charge in [0.15, 0.2) is 16.3 Å². The summed E-state index contributed by atoms with van der Waals surface area (Å²) in [6.45, 7) is 2.08. The Morgan fingerprint density at radius 2 is 1.74 bits per heavy atom. The van der Waals surface area contributed by atoms with Crippen molar-refractivity contribution in [3.8, 4) is 17.2 Å². The number of nitrogens with zero attached hydrogens (tertiary/aromatic N) is 2. The number of aromatic nitrogens is 1. The second-order valence-electron chi connectivity index (χ2n) is 9.29. The molecule has 0 aliphatic carbocycles. The number of rotatable bonds is 8. The van der Waals surface area contributed by atoms with Gasteiger partial charge < -0.3 is 18.9 Å². The zero-order valence-electron chi connectivity index (χ0n) is 23.1. The van der Waals surface area contributed by atoms with E-state index in [-0.39, 0.29) is 11.1 Å². The average Bonchev–Trinajstić information content (AvgIpc) is 3.29. The van der Waals surface area contributed by atoms with Gasteiger partial charge >= 0.3 is 5.97 Å². The van der Waals surface area contributed by atoms with E-state index in [4.69, 9.17) is 30.5 Å². The van der Waals surface area contributed by atoms with Gasteiger partial charge in [0.1, 0.15) is 18.4 Å². The molecule has 0 fully saturated rings. The first-order valence-electron chi connectivity index (χ1n) is 12.7. The van der Waals surface area contributed by atoms with Crippen LogP contribution in [0, 0.1) is 0 Å². The molecule has 0 radical (unpaired) electrons. The predicted molar refractivity (Wildman–Crippen MR) is 165 cm³/mol. The van der Waals surface area contributed by atoms with Gasteiger partial charge in [0.05, 0.1) is 37.1 Å². The molecular weight excluding hydrogens is 644 g/mol. The molecule has 1 aromatic heterocycles. The van der Waals surface area contributed by atoms with Crippen LogP contribution in [0.1, 0.15) is 29.7 Å². The van der Waals surface area contributed by atoms with Crippen LogP contribution in [0.2, 0.25) is 5.02 Å². The molecule has 1 aliphatic rings. The lowest BCUT2D eigenvalue weighted by Crippen LogP contribution is -2.40. The number of halogens is 2.